The maximum atomic E-state index is 13.0. The maximum absolute atomic E-state index is 13.0. The molecular formula is C30H27Cl2N3O6S. The summed E-state index contributed by atoms with van der Waals surface area (Å²) in [4.78, 5) is 41.6. The molecule has 2 fully saturated rings. The Morgan fingerprint density at radius 3 is 2.50 bits per heavy atom. The van der Waals surface area contributed by atoms with Gasteiger partial charge in [-0.05, 0) is 71.9 Å². The molecule has 2 saturated heterocycles. The molecule has 2 aliphatic heterocycles. The molecule has 3 aromatic rings. The Morgan fingerprint density at radius 1 is 1.02 bits per heavy atom. The van der Waals surface area contributed by atoms with E-state index in [1.54, 1.807) is 54.6 Å². The fraction of sp³-hybridized carbons (Fsp3) is 0.233. The number of rotatable bonds is 9. The van der Waals surface area contributed by atoms with Gasteiger partial charge in [0.25, 0.3) is 11.1 Å². The quantitative estimate of drug-likeness (QED) is 0.285. The van der Waals surface area contributed by atoms with Gasteiger partial charge in [0.05, 0.1) is 25.2 Å². The third kappa shape index (κ3) is 7.19. The van der Waals surface area contributed by atoms with Gasteiger partial charge in [0.15, 0.2) is 11.5 Å². The number of amides is 3. The molecule has 0 aliphatic carbocycles. The second-order valence-electron chi connectivity index (χ2n) is 9.40. The number of ether oxygens (including phenoxy) is 3. The van der Waals surface area contributed by atoms with Crippen molar-refractivity contribution in [2.24, 2.45) is 0 Å². The van der Waals surface area contributed by atoms with E-state index < -0.39 is 23.6 Å². The number of hydrogen-bond donors (Lipinski definition) is 1. The third-order valence-electron chi connectivity index (χ3n) is 6.59. The first-order valence-electron chi connectivity index (χ1n) is 13.0. The van der Waals surface area contributed by atoms with Gasteiger partial charge in [0, 0.05) is 40.1 Å². The molecule has 0 unspecified atom stereocenters. The lowest BCUT2D eigenvalue weighted by atomic mass is 10.1. The molecule has 12 heteroatoms. The first-order chi connectivity index (χ1) is 20.3. The number of benzene rings is 3. The summed E-state index contributed by atoms with van der Waals surface area (Å²) in [7, 11) is 1.50. The van der Waals surface area contributed by atoms with Gasteiger partial charge >= 0.3 is 0 Å². The van der Waals surface area contributed by atoms with Crippen molar-refractivity contribution in [3.05, 3.63) is 86.7 Å². The second-order valence-corrected chi connectivity index (χ2v) is 11.2. The van der Waals surface area contributed by atoms with E-state index in [0.29, 0.717) is 46.0 Å². The summed E-state index contributed by atoms with van der Waals surface area (Å²) in [5.41, 5.74) is 3.00. The van der Waals surface area contributed by atoms with Crippen LogP contribution in [-0.4, -0.2) is 61.9 Å². The van der Waals surface area contributed by atoms with E-state index in [9.17, 15) is 14.4 Å². The number of thioether (sulfide) groups is 1. The Kier molecular flexibility index (Phi) is 9.58. The van der Waals surface area contributed by atoms with Crippen LogP contribution in [0.2, 0.25) is 10.0 Å². The monoisotopic (exact) mass is 627 g/mol. The standard InChI is InChI=1S/C30H27Cl2N3O6S/c1-39-26-14-19(2-9-25(26)41-18-20-3-4-21(31)16-24(20)32)15-27-29(37)35(30(38)42-27)17-28(36)33-22-5-7-23(8-6-22)34-10-12-40-13-11-34/h2-9,14-16H,10-13,17-18H2,1H3,(H,33,36)/b27-15+. The number of carbonyl (C=O) groups excluding carboxylic acids is 3. The smallest absolute Gasteiger partial charge is 0.294 e. The maximum Gasteiger partial charge on any atom is 0.294 e. The van der Waals surface area contributed by atoms with Crippen molar-refractivity contribution < 1.29 is 28.6 Å². The fourth-order valence-electron chi connectivity index (χ4n) is 4.40. The summed E-state index contributed by atoms with van der Waals surface area (Å²) in [6.07, 6.45) is 1.58. The number of carbonyl (C=O) groups is 3. The molecule has 0 bridgehead atoms. The predicted octanol–water partition coefficient (Wildman–Crippen LogP) is 6.09. The fourth-order valence-corrected chi connectivity index (χ4v) is 5.70. The molecule has 42 heavy (non-hydrogen) atoms. The number of imide groups is 1. The van der Waals surface area contributed by atoms with Crippen LogP contribution in [0.4, 0.5) is 16.2 Å². The minimum atomic E-state index is -0.542. The summed E-state index contributed by atoms with van der Waals surface area (Å²) in [5.74, 6) is -0.100. The highest BCUT2D eigenvalue weighted by Crippen LogP contribution is 2.35. The molecule has 0 saturated carbocycles. The highest BCUT2D eigenvalue weighted by molar-refractivity contribution is 8.18. The normalized spacial score (nSPS) is 16.2. The molecule has 3 amide bonds. The van der Waals surface area contributed by atoms with Gasteiger partial charge in [0.1, 0.15) is 13.2 Å². The van der Waals surface area contributed by atoms with Gasteiger partial charge in [-0.1, -0.05) is 35.3 Å². The zero-order valence-corrected chi connectivity index (χ0v) is 24.9. The SMILES string of the molecule is COc1cc(/C=C2/SC(=O)N(CC(=O)Nc3ccc(N4CCOCC4)cc3)C2=O)ccc1OCc1ccc(Cl)cc1Cl. The molecular weight excluding hydrogens is 601 g/mol. The highest BCUT2D eigenvalue weighted by Gasteiger charge is 2.36. The number of anilines is 2. The van der Waals surface area contributed by atoms with E-state index in [0.717, 1.165) is 41.0 Å². The molecule has 218 valence electrons. The van der Waals surface area contributed by atoms with Gasteiger partial charge in [0.2, 0.25) is 5.91 Å². The molecule has 0 aromatic heterocycles. The predicted molar refractivity (Wildman–Crippen MR) is 165 cm³/mol. The summed E-state index contributed by atoms with van der Waals surface area (Å²) in [5, 5.41) is 3.26. The lowest BCUT2D eigenvalue weighted by molar-refractivity contribution is -0.127. The van der Waals surface area contributed by atoms with Crippen LogP contribution in [0.1, 0.15) is 11.1 Å². The Labute approximate surface area is 257 Å². The van der Waals surface area contributed by atoms with Crippen molar-refractivity contribution in [2.75, 3.05) is 50.2 Å². The van der Waals surface area contributed by atoms with Gasteiger partial charge in [-0.25, -0.2) is 0 Å². The molecule has 5 rings (SSSR count). The van der Waals surface area contributed by atoms with Crippen molar-refractivity contribution in [1.29, 1.82) is 0 Å². The highest BCUT2D eigenvalue weighted by atomic mass is 35.5. The van der Waals surface area contributed by atoms with Gasteiger partial charge in [-0.2, -0.15) is 0 Å². The molecule has 1 N–H and O–H groups in total. The van der Waals surface area contributed by atoms with E-state index in [-0.39, 0.29) is 11.5 Å². The number of methoxy groups -OCH3 is 1. The molecule has 3 aromatic carbocycles. The van der Waals surface area contributed by atoms with Crippen LogP contribution in [0.15, 0.2) is 65.6 Å². The van der Waals surface area contributed by atoms with Crippen LogP contribution in [-0.2, 0) is 20.9 Å². The van der Waals surface area contributed by atoms with E-state index in [2.05, 4.69) is 10.2 Å². The number of nitrogens with one attached hydrogen (secondary N) is 1. The second kappa shape index (κ2) is 13.5. The number of nitrogens with zero attached hydrogens (tertiary/aromatic N) is 2. The molecule has 0 spiro atoms. The van der Waals surface area contributed by atoms with Crippen molar-refractivity contribution in [3.63, 3.8) is 0 Å². The summed E-state index contributed by atoms with van der Waals surface area (Å²) < 4.78 is 16.7. The minimum Gasteiger partial charge on any atom is -0.493 e. The average molecular weight is 629 g/mol. The van der Waals surface area contributed by atoms with Crippen molar-refractivity contribution >= 4 is 69.5 Å². The number of halogens is 2. The van der Waals surface area contributed by atoms with E-state index >= 15 is 0 Å². The van der Waals surface area contributed by atoms with Crippen molar-refractivity contribution in [2.45, 2.75) is 6.61 Å². The largest absolute Gasteiger partial charge is 0.493 e. The summed E-state index contributed by atoms with van der Waals surface area (Å²) >= 11 is 13.0. The van der Waals surface area contributed by atoms with Crippen LogP contribution < -0.4 is 19.7 Å². The van der Waals surface area contributed by atoms with Crippen molar-refractivity contribution in [3.8, 4) is 11.5 Å². The molecule has 2 heterocycles. The van der Waals surface area contributed by atoms with E-state index in [4.69, 9.17) is 37.4 Å². The molecule has 9 nitrogen and oxygen atoms in total. The first-order valence-corrected chi connectivity index (χ1v) is 14.6. The zero-order chi connectivity index (χ0) is 29.6. The van der Waals surface area contributed by atoms with Crippen LogP contribution in [0.5, 0.6) is 11.5 Å². The average Bonchev–Trinajstić information content (AvgIpc) is 3.25. The lowest BCUT2D eigenvalue weighted by Crippen LogP contribution is -2.36. The Morgan fingerprint density at radius 2 is 1.79 bits per heavy atom. The number of morpholine rings is 1. The topological polar surface area (TPSA) is 97.4 Å². The number of hydrogen-bond acceptors (Lipinski definition) is 8. The van der Waals surface area contributed by atoms with Crippen LogP contribution >= 0.6 is 35.0 Å². The minimum absolute atomic E-state index is 0.199. The zero-order valence-electron chi connectivity index (χ0n) is 22.6. The van der Waals surface area contributed by atoms with Gasteiger partial charge < -0.3 is 24.4 Å². The van der Waals surface area contributed by atoms with Crippen molar-refractivity contribution in [1.82, 2.24) is 4.90 Å². The van der Waals surface area contributed by atoms with Gasteiger partial charge in [-0.15, -0.1) is 0 Å². The van der Waals surface area contributed by atoms with E-state index in [1.807, 2.05) is 12.1 Å². The first kappa shape index (κ1) is 29.8. The molecule has 0 radical (unpaired) electrons. The third-order valence-corrected chi connectivity index (χ3v) is 8.08. The van der Waals surface area contributed by atoms with E-state index in [1.165, 1.54) is 7.11 Å². The van der Waals surface area contributed by atoms with Crippen LogP contribution in [0.25, 0.3) is 6.08 Å². The Bertz CT molecular complexity index is 1530. The lowest BCUT2D eigenvalue weighted by Gasteiger charge is -2.28. The Balaban J connectivity index is 1.20. The van der Waals surface area contributed by atoms with Crippen LogP contribution in [0.3, 0.4) is 0 Å². The molecule has 0 atom stereocenters. The van der Waals surface area contributed by atoms with Crippen LogP contribution in [0, 0.1) is 0 Å². The summed E-state index contributed by atoms with van der Waals surface area (Å²) in [6.45, 7) is 2.78. The molecule has 2 aliphatic rings. The van der Waals surface area contributed by atoms with Gasteiger partial charge in [-0.3, -0.25) is 19.3 Å². The Hall–Kier alpha value is -3.70. The summed E-state index contributed by atoms with van der Waals surface area (Å²) in [6, 6.07) is 17.7.